The van der Waals surface area contributed by atoms with Crippen LogP contribution in [0.25, 0.3) is 11.1 Å². The highest BCUT2D eigenvalue weighted by molar-refractivity contribution is 6.29. The largest absolute Gasteiger partial charge is 0.444 e. The van der Waals surface area contributed by atoms with Crippen LogP contribution in [0.15, 0.2) is 18.5 Å². The van der Waals surface area contributed by atoms with Crippen molar-refractivity contribution in [2.75, 3.05) is 25.4 Å². The summed E-state index contributed by atoms with van der Waals surface area (Å²) in [5, 5.41) is 12.2. The van der Waals surface area contributed by atoms with Crippen molar-refractivity contribution in [2.45, 2.75) is 76.9 Å². The lowest BCUT2D eigenvalue weighted by Crippen LogP contribution is -2.46. The first-order chi connectivity index (χ1) is 16.2. The van der Waals surface area contributed by atoms with Crippen LogP contribution in [0.3, 0.4) is 0 Å². The minimum absolute atomic E-state index is 0.191. The SMILES string of the molecule is CC(C)(C)OC(=O)N1CCC(OC2CC(OCCn3cc(-c4cc(Cl)nnc4N)cn3)C2)CC1. The number of rotatable bonds is 7. The lowest BCUT2D eigenvalue weighted by molar-refractivity contribution is -0.135. The summed E-state index contributed by atoms with van der Waals surface area (Å²) >= 11 is 5.92. The van der Waals surface area contributed by atoms with Crippen LogP contribution in [0, 0.1) is 0 Å². The number of amides is 1. The molecule has 0 bridgehead atoms. The second kappa shape index (κ2) is 10.5. The number of nitrogen functional groups attached to an aromatic ring is 1. The van der Waals surface area contributed by atoms with E-state index in [0.29, 0.717) is 37.6 Å². The van der Waals surface area contributed by atoms with Gasteiger partial charge in [0.2, 0.25) is 0 Å². The minimum atomic E-state index is -0.468. The zero-order valence-corrected chi connectivity index (χ0v) is 20.7. The van der Waals surface area contributed by atoms with Crippen LogP contribution in [0.1, 0.15) is 46.5 Å². The molecule has 1 aliphatic carbocycles. The second-order valence-corrected chi connectivity index (χ2v) is 10.2. The summed E-state index contributed by atoms with van der Waals surface area (Å²) < 4.78 is 19.5. The van der Waals surface area contributed by atoms with Crippen LogP contribution in [0.4, 0.5) is 10.6 Å². The fourth-order valence-electron chi connectivity index (χ4n) is 4.08. The van der Waals surface area contributed by atoms with E-state index in [4.69, 9.17) is 31.5 Å². The summed E-state index contributed by atoms with van der Waals surface area (Å²) in [5.74, 6) is 0.316. The lowest BCUT2D eigenvalue weighted by atomic mass is 9.91. The first-order valence-corrected chi connectivity index (χ1v) is 12.1. The van der Waals surface area contributed by atoms with Gasteiger partial charge in [-0.05, 0) is 52.5 Å². The van der Waals surface area contributed by atoms with Gasteiger partial charge in [-0.1, -0.05) is 11.6 Å². The van der Waals surface area contributed by atoms with Crippen molar-refractivity contribution in [3.63, 3.8) is 0 Å². The molecule has 0 aromatic carbocycles. The standard InChI is InChI=1S/C23H33ClN6O4/c1-23(2,3)34-22(31)29-6-4-16(5-7-29)33-18-10-17(11-18)32-9-8-30-14-15(13-26-30)19-12-20(24)27-28-21(19)25/h12-14,16-18H,4-11H2,1-3H3,(H2,25,28). The van der Waals surface area contributed by atoms with Gasteiger partial charge in [0, 0.05) is 30.4 Å². The molecule has 2 N–H and O–H groups in total. The Kier molecular flexibility index (Phi) is 7.59. The third-order valence-electron chi connectivity index (χ3n) is 5.94. The van der Waals surface area contributed by atoms with Gasteiger partial charge in [-0.3, -0.25) is 4.68 Å². The van der Waals surface area contributed by atoms with Crippen LogP contribution >= 0.6 is 11.6 Å². The molecule has 186 valence electrons. The summed E-state index contributed by atoms with van der Waals surface area (Å²) in [4.78, 5) is 14.0. The predicted molar refractivity (Wildman–Crippen MR) is 127 cm³/mol. The van der Waals surface area contributed by atoms with Crippen LogP contribution in [0.2, 0.25) is 5.15 Å². The number of anilines is 1. The van der Waals surface area contributed by atoms with Crippen molar-refractivity contribution in [2.24, 2.45) is 0 Å². The number of nitrogens with zero attached hydrogens (tertiary/aromatic N) is 5. The number of nitrogens with two attached hydrogens (primary N) is 1. The first kappa shape index (κ1) is 24.7. The topological polar surface area (TPSA) is 118 Å². The maximum absolute atomic E-state index is 12.2. The normalized spacial score (nSPS) is 21.4. The minimum Gasteiger partial charge on any atom is -0.444 e. The highest BCUT2D eigenvalue weighted by atomic mass is 35.5. The molecule has 0 radical (unpaired) electrons. The van der Waals surface area contributed by atoms with E-state index in [0.717, 1.165) is 31.2 Å². The van der Waals surface area contributed by atoms with Crippen molar-refractivity contribution in [1.29, 1.82) is 0 Å². The Morgan fingerprint density at radius 1 is 1.18 bits per heavy atom. The predicted octanol–water partition coefficient (Wildman–Crippen LogP) is 3.54. The summed E-state index contributed by atoms with van der Waals surface area (Å²) in [7, 11) is 0. The Bertz CT molecular complexity index is 980. The Morgan fingerprint density at radius 2 is 1.91 bits per heavy atom. The number of aromatic nitrogens is 4. The van der Waals surface area contributed by atoms with E-state index < -0.39 is 5.60 Å². The van der Waals surface area contributed by atoms with Gasteiger partial charge in [-0.15, -0.1) is 10.2 Å². The van der Waals surface area contributed by atoms with Crippen molar-refractivity contribution in [3.8, 4) is 11.1 Å². The lowest BCUT2D eigenvalue weighted by Gasteiger charge is -2.40. The third-order valence-corrected chi connectivity index (χ3v) is 6.13. The summed E-state index contributed by atoms with van der Waals surface area (Å²) in [6.45, 7) is 8.20. The molecule has 2 fully saturated rings. The van der Waals surface area contributed by atoms with E-state index >= 15 is 0 Å². The molecule has 10 nitrogen and oxygen atoms in total. The Balaban J connectivity index is 1.11. The molecular weight excluding hydrogens is 460 g/mol. The molecule has 2 aromatic rings. The molecule has 1 aliphatic heterocycles. The quantitative estimate of drug-likeness (QED) is 0.623. The van der Waals surface area contributed by atoms with E-state index in [9.17, 15) is 4.79 Å². The van der Waals surface area contributed by atoms with Crippen molar-refractivity contribution < 1.29 is 19.0 Å². The summed E-state index contributed by atoms with van der Waals surface area (Å²) in [6.07, 6.45) is 7.48. The van der Waals surface area contributed by atoms with Gasteiger partial charge < -0.3 is 24.8 Å². The highest BCUT2D eigenvalue weighted by Gasteiger charge is 2.34. The van der Waals surface area contributed by atoms with Gasteiger partial charge >= 0.3 is 6.09 Å². The molecule has 2 aromatic heterocycles. The first-order valence-electron chi connectivity index (χ1n) is 11.7. The second-order valence-electron chi connectivity index (χ2n) is 9.85. The Morgan fingerprint density at radius 3 is 2.62 bits per heavy atom. The zero-order chi connectivity index (χ0) is 24.3. The molecule has 0 atom stereocenters. The molecule has 0 spiro atoms. The average Bonchev–Trinajstić information content (AvgIpc) is 3.21. The van der Waals surface area contributed by atoms with E-state index in [1.165, 1.54) is 0 Å². The van der Waals surface area contributed by atoms with E-state index in [1.807, 2.05) is 31.6 Å². The van der Waals surface area contributed by atoms with E-state index in [-0.39, 0.29) is 29.6 Å². The number of carbonyl (C=O) groups is 1. The molecule has 3 heterocycles. The van der Waals surface area contributed by atoms with Gasteiger partial charge in [-0.25, -0.2) is 4.79 Å². The van der Waals surface area contributed by atoms with Gasteiger partial charge in [0.15, 0.2) is 11.0 Å². The third kappa shape index (κ3) is 6.58. The van der Waals surface area contributed by atoms with Crippen LogP contribution in [-0.2, 0) is 20.8 Å². The number of ether oxygens (including phenoxy) is 3. The number of halogens is 1. The fourth-order valence-corrected chi connectivity index (χ4v) is 4.23. The van der Waals surface area contributed by atoms with Crippen molar-refractivity contribution in [1.82, 2.24) is 24.9 Å². The smallest absolute Gasteiger partial charge is 0.410 e. The van der Waals surface area contributed by atoms with Gasteiger partial charge in [0.25, 0.3) is 0 Å². The molecule has 1 saturated heterocycles. The van der Waals surface area contributed by atoms with E-state index in [2.05, 4.69) is 15.3 Å². The molecule has 0 unspecified atom stereocenters. The average molecular weight is 493 g/mol. The van der Waals surface area contributed by atoms with Crippen LogP contribution in [-0.4, -0.2) is 74.6 Å². The molecule has 4 rings (SSSR count). The molecular formula is C23H33ClN6O4. The molecule has 2 aliphatic rings. The number of hydrogen-bond donors (Lipinski definition) is 1. The van der Waals surface area contributed by atoms with Crippen LogP contribution in [0.5, 0.6) is 0 Å². The molecule has 11 heteroatoms. The summed E-state index contributed by atoms with van der Waals surface area (Å²) in [5.41, 5.74) is 6.97. The van der Waals surface area contributed by atoms with E-state index in [1.54, 1.807) is 17.2 Å². The number of likely N-dealkylation sites (tertiary alicyclic amines) is 1. The van der Waals surface area contributed by atoms with Gasteiger partial charge in [0.1, 0.15) is 5.60 Å². The summed E-state index contributed by atoms with van der Waals surface area (Å²) in [6, 6.07) is 1.68. The zero-order valence-electron chi connectivity index (χ0n) is 19.9. The number of hydrogen-bond acceptors (Lipinski definition) is 8. The van der Waals surface area contributed by atoms with Gasteiger partial charge in [0.05, 0.1) is 37.7 Å². The maximum Gasteiger partial charge on any atom is 0.410 e. The Hall–Kier alpha value is -2.43. The highest BCUT2D eigenvalue weighted by Crippen LogP contribution is 2.30. The van der Waals surface area contributed by atoms with Crippen molar-refractivity contribution >= 4 is 23.5 Å². The molecule has 1 amide bonds. The number of carbonyl (C=O) groups excluding carboxylic acids is 1. The molecule has 34 heavy (non-hydrogen) atoms. The number of piperidine rings is 1. The van der Waals surface area contributed by atoms with Gasteiger partial charge in [-0.2, -0.15) is 5.10 Å². The Labute approximate surface area is 204 Å². The maximum atomic E-state index is 12.2. The molecule has 1 saturated carbocycles. The monoisotopic (exact) mass is 492 g/mol. The van der Waals surface area contributed by atoms with Crippen molar-refractivity contribution in [3.05, 3.63) is 23.6 Å². The van der Waals surface area contributed by atoms with Crippen LogP contribution < -0.4 is 5.73 Å². The fraction of sp³-hybridized carbons (Fsp3) is 0.652.